The van der Waals surface area contributed by atoms with Crippen LogP contribution in [0, 0.1) is 0 Å². The van der Waals surface area contributed by atoms with Gasteiger partial charge in [-0.25, -0.2) is 0 Å². The van der Waals surface area contributed by atoms with E-state index in [1.54, 1.807) is 24.3 Å². The van der Waals surface area contributed by atoms with Crippen molar-refractivity contribution in [3.05, 3.63) is 29.8 Å². The Labute approximate surface area is 99.8 Å². The lowest BCUT2D eigenvalue weighted by atomic mass is 10.1. The Hall–Kier alpha value is -1.35. The minimum absolute atomic E-state index is 0.114. The van der Waals surface area contributed by atoms with Gasteiger partial charge in [0.2, 0.25) is 5.91 Å². The quantitative estimate of drug-likeness (QED) is 0.649. The van der Waals surface area contributed by atoms with Crippen LogP contribution in [-0.2, 0) is 4.79 Å². The molecule has 1 aromatic carbocycles. The number of carbonyl (C=O) groups excluding carboxylic acids is 2. The van der Waals surface area contributed by atoms with Crippen LogP contribution in [0.5, 0.6) is 0 Å². The molecule has 1 amide bonds. The number of nitrogens with one attached hydrogen (secondary N) is 1. The van der Waals surface area contributed by atoms with Crippen molar-refractivity contribution in [2.45, 2.75) is 25.6 Å². The van der Waals surface area contributed by atoms with E-state index in [9.17, 15) is 9.59 Å². The highest BCUT2D eigenvalue weighted by Crippen LogP contribution is 2.15. The zero-order chi connectivity index (χ0) is 12.1. The summed E-state index contributed by atoms with van der Waals surface area (Å²) < 4.78 is 0. The smallest absolute Gasteiger partial charge is 0.221 e. The fourth-order valence-corrected chi connectivity index (χ4v) is 1.45. The second-order valence-electron chi connectivity index (χ2n) is 3.50. The van der Waals surface area contributed by atoms with Crippen LogP contribution in [-0.4, -0.2) is 17.1 Å². The van der Waals surface area contributed by atoms with E-state index >= 15 is 0 Å². The number of ketones is 1. The number of benzene rings is 1. The number of hydrogen-bond donors (Lipinski definition) is 1. The fraction of sp³-hybridized carbons (Fsp3) is 0.333. The van der Waals surface area contributed by atoms with Crippen molar-refractivity contribution in [3.63, 3.8) is 0 Å². The summed E-state index contributed by atoms with van der Waals surface area (Å²) in [4.78, 5) is 22.6. The lowest BCUT2D eigenvalue weighted by molar-refractivity contribution is -0.114. The molecule has 0 aliphatic rings. The Morgan fingerprint density at radius 1 is 1.44 bits per heavy atom. The molecule has 0 saturated heterocycles. The van der Waals surface area contributed by atoms with Gasteiger partial charge in [-0.15, -0.1) is 11.6 Å². The van der Waals surface area contributed by atoms with Gasteiger partial charge in [-0.1, -0.05) is 19.1 Å². The molecule has 1 atom stereocenters. The molecule has 0 aliphatic carbocycles. The van der Waals surface area contributed by atoms with Crippen molar-refractivity contribution in [2.75, 3.05) is 5.32 Å². The summed E-state index contributed by atoms with van der Waals surface area (Å²) in [5, 5.41) is 2.12. The molecule has 16 heavy (non-hydrogen) atoms. The summed E-state index contributed by atoms with van der Waals surface area (Å²) >= 11 is 5.87. The highest BCUT2D eigenvalue weighted by molar-refractivity contribution is 6.33. The normalized spacial score (nSPS) is 11.9. The molecule has 1 unspecified atom stereocenters. The summed E-state index contributed by atoms with van der Waals surface area (Å²) in [6.45, 7) is 3.28. The Bertz CT molecular complexity index is 404. The van der Waals surface area contributed by atoms with E-state index in [1.807, 2.05) is 6.92 Å². The van der Waals surface area contributed by atoms with Crippen LogP contribution in [0.1, 0.15) is 30.6 Å². The Morgan fingerprint density at radius 2 is 2.12 bits per heavy atom. The van der Waals surface area contributed by atoms with Gasteiger partial charge >= 0.3 is 0 Å². The molecule has 3 nitrogen and oxygen atoms in total. The van der Waals surface area contributed by atoms with E-state index in [1.165, 1.54) is 6.92 Å². The molecule has 0 bridgehead atoms. The maximum atomic E-state index is 11.8. The average Bonchev–Trinajstić information content (AvgIpc) is 2.26. The van der Waals surface area contributed by atoms with Crippen LogP contribution in [0.3, 0.4) is 0 Å². The summed E-state index contributed by atoms with van der Waals surface area (Å²) in [5.74, 6) is -0.279. The predicted octanol–water partition coefficient (Wildman–Crippen LogP) is 2.85. The number of rotatable bonds is 4. The van der Waals surface area contributed by atoms with Crippen molar-refractivity contribution in [3.8, 4) is 0 Å². The van der Waals surface area contributed by atoms with E-state index in [4.69, 9.17) is 11.6 Å². The van der Waals surface area contributed by atoms with Crippen LogP contribution in [0.4, 0.5) is 5.69 Å². The number of anilines is 1. The number of Topliss-reactive ketones (excluding diaryl/α,β-unsaturated/α-hetero) is 1. The van der Waals surface area contributed by atoms with Gasteiger partial charge in [0, 0.05) is 18.2 Å². The molecule has 0 radical (unpaired) electrons. The van der Waals surface area contributed by atoms with E-state index in [2.05, 4.69) is 5.32 Å². The molecule has 0 aromatic heterocycles. The molecule has 0 aliphatic heterocycles. The van der Waals surface area contributed by atoms with E-state index in [0.29, 0.717) is 17.7 Å². The zero-order valence-corrected chi connectivity index (χ0v) is 10.0. The van der Waals surface area contributed by atoms with Gasteiger partial charge in [-0.05, 0) is 18.6 Å². The van der Waals surface area contributed by atoms with Gasteiger partial charge in [0.15, 0.2) is 5.78 Å². The average molecular weight is 240 g/mol. The molecule has 0 heterocycles. The number of hydrogen-bond acceptors (Lipinski definition) is 2. The SMILES string of the molecule is CCC(Cl)C(=O)c1cccc(NC(C)=O)c1. The van der Waals surface area contributed by atoms with Gasteiger partial charge in [0.1, 0.15) is 0 Å². The first-order chi connectivity index (χ1) is 7.54. The Kier molecular flexibility index (Phi) is 4.50. The highest BCUT2D eigenvalue weighted by atomic mass is 35.5. The fourth-order valence-electron chi connectivity index (χ4n) is 1.32. The Balaban J connectivity index is 2.89. The van der Waals surface area contributed by atoms with Crippen molar-refractivity contribution >= 4 is 29.0 Å². The largest absolute Gasteiger partial charge is 0.326 e. The lowest BCUT2D eigenvalue weighted by Gasteiger charge is -2.07. The summed E-state index contributed by atoms with van der Waals surface area (Å²) in [7, 11) is 0. The Morgan fingerprint density at radius 3 is 2.69 bits per heavy atom. The molecule has 1 aromatic rings. The summed E-state index contributed by atoms with van der Waals surface area (Å²) in [6.07, 6.45) is 0.588. The van der Waals surface area contributed by atoms with Crippen LogP contribution in [0.15, 0.2) is 24.3 Å². The standard InChI is InChI=1S/C12H14ClNO2/c1-3-11(13)12(16)9-5-4-6-10(7-9)14-8(2)15/h4-7,11H,3H2,1-2H3,(H,14,15). The monoisotopic (exact) mass is 239 g/mol. The minimum atomic E-state index is -0.507. The van der Waals surface area contributed by atoms with Crippen LogP contribution >= 0.6 is 11.6 Å². The van der Waals surface area contributed by atoms with Gasteiger partial charge < -0.3 is 5.32 Å². The number of alkyl halides is 1. The minimum Gasteiger partial charge on any atom is -0.326 e. The molecular weight excluding hydrogens is 226 g/mol. The second kappa shape index (κ2) is 5.66. The highest BCUT2D eigenvalue weighted by Gasteiger charge is 2.15. The first-order valence-electron chi connectivity index (χ1n) is 5.10. The molecular formula is C12H14ClNO2. The first kappa shape index (κ1) is 12.7. The summed E-state index contributed by atoms with van der Waals surface area (Å²) in [5.41, 5.74) is 1.13. The third kappa shape index (κ3) is 3.35. The molecule has 0 spiro atoms. The molecule has 0 saturated carbocycles. The molecule has 1 rings (SSSR count). The third-order valence-corrected chi connectivity index (χ3v) is 2.62. The third-order valence-electron chi connectivity index (χ3n) is 2.11. The van der Waals surface area contributed by atoms with Gasteiger partial charge in [-0.2, -0.15) is 0 Å². The van der Waals surface area contributed by atoms with Crippen LogP contribution < -0.4 is 5.32 Å². The first-order valence-corrected chi connectivity index (χ1v) is 5.54. The topological polar surface area (TPSA) is 46.2 Å². The molecule has 1 N–H and O–H groups in total. The molecule has 4 heteroatoms. The van der Waals surface area contributed by atoms with Gasteiger partial charge in [0.25, 0.3) is 0 Å². The summed E-state index contributed by atoms with van der Waals surface area (Å²) in [6, 6.07) is 6.78. The molecule has 0 fully saturated rings. The van der Waals surface area contributed by atoms with Crippen LogP contribution in [0.25, 0.3) is 0 Å². The maximum Gasteiger partial charge on any atom is 0.221 e. The van der Waals surface area contributed by atoms with E-state index in [0.717, 1.165) is 0 Å². The number of halogens is 1. The van der Waals surface area contributed by atoms with E-state index in [-0.39, 0.29) is 11.7 Å². The lowest BCUT2D eigenvalue weighted by Crippen LogP contribution is -2.14. The van der Waals surface area contributed by atoms with Crippen molar-refractivity contribution < 1.29 is 9.59 Å². The zero-order valence-electron chi connectivity index (χ0n) is 9.29. The number of carbonyl (C=O) groups is 2. The predicted molar refractivity (Wildman–Crippen MR) is 65.0 cm³/mol. The maximum absolute atomic E-state index is 11.8. The second-order valence-corrected chi connectivity index (χ2v) is 4.03. The van der Waals surface area contributed by atoms with Crippen molar-refractivity contribution in [2.24, 2.45) is 0 Å². The van der Waals surface area contributed by atoms with Gasteiger partial charge in [0.05, 0.1) is 5.38 Å². The van der Waals surface area contributed by atoms with E-state index < -0.39 is 5.38 Å². The van der Waals surface area contributed by atoms with Crippen molar-refractivity contribution in [1.82, 2.24) is 0 Å². The number of amides is 1. The molecule has 86 valence electrons. The van der Waals surface area contributed by atoms with Gasteiger partial charge in [-0.3, -0.25) is 9.59 Å². The van der Waals surface area contributed by atoms with Crippen LogP contribution in [0.2, 0.25) is 0 Å². The van der Waals surface area contributed by atoms with Crippen molar-refractivity contribution in [1.29, 1.82) is 0 Å².